The van der Waals surface area contributed by atoms with E-state index in [0.717, 1.165) is 43.9 Å². The van der Waals surface area contributed by atoms with Crippen LogP contribution in [-0.4, -0.2) is 24.8 Å². The summed E-state index contributed by atoms with van der Waals surface area (Å²) in [4.78, 5) is 0. The first kappa shape index (κ1) is 14.9. The molecule has 2 saturated heterocycles. The minimum absolute atomic E-state index is 0.237. The van der Waals surface area contributed by atoms with Crippen molar-refractivity contribution >= 4 is 0 Å². The molecule has 2 fully saturated rings. The fourth-order valence-corrected chi connectivity index (χ4v) is 3.79. The van der Waals surface area contributed by atoms with Gasteiger partial charge in [-0.3, -0.25) is 0 Å². The zero-order valence-corrected chi connectivity index (χ0v) is 12.4. The van der Waals surface area contributed by atoms with E-state index in [2.05, 4.69) is 12.2 Å². The van der Waals surface area contributed by atoms with E-state index in [0.29, 0.717) is 24.5 Å². The molecule has 0 aliphatic carbocycles. The van der Waals surface area contributed by atoms with Gasteiger partial charge in [0.2, 0.25) is 0 Å². The first-order valence-corrected chi connectivity index (χ1v) is 7.99. The molecule has 1 aromatic carbocycles. The van der Waals surface area contributed by atoms with Crippen molar-refractivity contribution in [1.82, 2.24) is 5.32 Å². The molecule has 1 N–H and O–H groups in total. The Morgan fingerprint density at radius 2 is 2.00 bits per heavy atom. The van der Waals surface area contributed by atoms with Crippen molar-refractivity contribution in [2.45, 2.75) is 57.3 Å². The number of rotatable bonds is 6. The molecule has 21 heavy (non-hydrogen) atoms. The predicted octanol–water partition coefficient (Wildman–Crippen LogP) is 3.44. The standard InChI is InChI=1S/C17H23F2NO/c1-2-5-20-16(15-10-14-3-4-17(15)21-14)8-11-6-12(18)9-13(19)7-11/h6-7,9,14-17,20H,2-5,8,10H2,1H3. The Morgan fingerprint density at radius 1 is 1.24 bits per heavy atom. The SMILES string of the molecule is CCCNC(Cc1cc(F)cc(F)c1)C1CC2CCC1O2. The highest BCUT2D eigenvalue weighted by atomic mass is 19.1. The minimum Gasteiger partial charge on any atom is -0.375 e. The summed E-state index contributed by atoms with van der Waals surface area (Å²) in [7, 11) is 0. The van der Waals surface area contributed by atoms with Gasteiger partial charge in [-0.25, -0.2) is 8.78 Å². The number of fused-ring (bicyclic) bond motifs is 2. The lowest BCUT2D eigenvalue weighted by Gasteiger charge is -2.29. The third-order valence-electron chi connectivity index (χ3n) is 4.70. The van der Waals surface area contributed by atoms with Gasteiger partial charge in [-0.15, -0.1) is 0 Å². The molecule has 4 unspecified atom stereocenters. The topological polar surface area (TPSA) is 21.3 Å². The number of halogens is 2. The monoisotopic (exact) mass is 295 g/mol. The van der Waals surface area contributed by atoms with Crippen molar-refractivity contribution in [2.24, 2.45) is 5.92 Å². The van der Waals surface area contributed by atoms with E-state index in [4.69, 9.17) is 4.74 Å². The molecule has 2 aliphatic rings. The van der Waals surface area contributed by atoms with Crippen molar-refractivity contribution in [1.29, 1.82) is 0 Å². The molecule has 2 nitrogen and oxygen atoms in total. The lowest BCUT2D eigenvalue weighted by Crippen LogP contribution is -2.42. The van der Waals surface area contributed by atoms with Crippen LogP contribution in [0.2, 0.25) is 0 Å². The quantitative estimate of drug-likeness (QED) is 0.868. The number of hydrogen-bond donors (Lipinski definition) is 1. The summed E-state index contributed by atoms with van der Waals surface area (Å²) in [6, 6.07) is 4.05. The van der Waals surface area contributed by atoms with E-state index < -0.39 is 11.6 Å². The van der Waals surface area contributed by atoms with Gasteiger partial charge in [0.05, 0.1) is 12.2 Å². The van der Waals surface area contributed by atoms with Crippen molar-refractivity contribution in [3.8, 4) is 0 Å². The predicted molar refractivity (Wildman–Crippen MR) is 78.1 cm³/mol. The molecule has 2 aliphatic heterocycles. The van der Waals surface area contributed by atoms with Gasteiger partial charge in [0.15, 0.2) is 0 Å². The fourth-order valence-electron chi connectivity index (χ4n) is 3.79. The molecule has 3 rings (SSSR count). The van der Waals surface area contributed by atoms with E-state index in [1.165, 1.54) is 12.1 Å². The molecule has 4 atom stereocenters. The van der Waals surface area contributed by atoms with Crippen LogP contribution in [-0.2, 0) is 11.2 Å². The maximum absolute atomic E-state index is 13.4. The third-order valence-corrected chi connectivity index (χ3v) is 4.70. The van der Waals surface area contributed by atoms with Gasteiger partial charge in [0.1, 0.15) is 11.6 Å². The second kappa shape index (κ2) is 6.41. The Hall–Kier alpha value is -1.00. The average molecular weight is 295 g/mol. The molecule has 2 heterocycles. The minimum atomic E-state index is -0.497. The summed E-state index contributed by atoms with van der Waals surface area (Å²) < 4.78 is 32.7. The van der Waals surface area contributed by atoms with Crippen LogP contribution < -0.4 is 5.32 Å². The van der Waals surface area contributed by atoms with Gasteiger partial charge < -0.3 is 10.1 Å². The summed E-state index contributed by atoms with van der Waals surface area (Å²) in [6.07, 6.45) is 5.79. The maximum Gasteiger partial charge on any atom is 0.126 e. The van der Waals surface area contributed by atoms with Crippen LogP contribution in [0.4, 0.5) is 8.78 Å². The van der Waals surface area contributed by atoms with Crippen LogP contribution in [0, 0.1) is 17.6 Å². The van der Waals surface area contributed by atoms with Crippen LogP contribution in [0.15, 0.2) is 18.2 Å². The van der Waals surface area contributed by atoms with Crippen molar-refractivity contribution in [3.63, 3.8) is 0 Å². The lowest BCUT2D eigenvalue weighted by molar-refractivity contribution is 0.0857. The number of ether oxygens (including phenoxy) is 1. The molecule has 1 aromatic rings. The highest BCUT2D eigenvalue weighted by Gasteiger charge is 2.44. The molecule has 0 radical (unpaired) electrons. The van der Waals surface area contributed by atoms with Gasteiger partial charge in [0, 0.05) is 18.0 Å². The Balaban J connectivity index is 1.72. The van der Waals surface area contributed by atoms with Crippen molar-refractivity contribution in [3.05, 3.63) is 35.4 Å². The Kier molecular flexibility index (Phi) is 4.55. The maximum atomic E-state index is 13.4. The third kappa shape index (κ3) is 3.43. The molecule has 0 amide bonds. The van der Waals surface area contributed by atoms with E-state index >= 15 is 0 Å². The van der Waals surface area contributed by atoms with Gasteiger partial charge in [-0.1, -0.05) is 6.92 Å². The Labute approximate surface area is 124 Å². The second-order valence-corrected chi connectivity index (χ2v) is 6.32. The largest absolute Gasteiger partial charge is 0.375 e. The highest BCUT2D eigenvalue weighted by Crippen LogP contribution is 2.41. The highest BCUT2D eigenvalue weighted by molar-refractivity contribution is 5.19. The normalized spacial score (nSPS) is 29.0. The molecule has 116 valence electrons. The Bertz CT molecular complexity index is 473. The van der Waals surface area contributed by atoms with Crippen LogP contribution in [0.1, 0.15) is 38.2 Å². The summed E-state index contributed by atoms with van der Waals surface area (Å²) >= 11 is 0. The smallest absolute Gasteiger partial charge is 0.126 e. The summed E-state index contributed by atoms with van der Waals surface area (Å²) in [5, 5.41) is 3.56. The summed E-state index contributed by atoms with van der Waals surface area (Å²) in [5.41, 5.74) is 0.726. The van der Waals surface area contributed by atoms with Crippen LogP contribution >= 0.6 is 0 Å². The molecule has 0 saturated carbocycles. The Morgan fingerprint density at radius 3 is 2.57 bits per heavy atom. The van der Waals surface area contributed by atoms with Crippen molar-refractivity contribution in [2.75, 3.05) is 6.54 Å². The number of hydrogen-bond acceptors (Lipinski definition) is 2. The van der Waals surface area contributed by atoms with E-state index in [1.54, 1.807) is 0 Å². The second-order valence-electron chi connectivity index (χ2n) is 6.32. The fraction of sp³-hybridized carbons (Fsp3) is 0.647. The number of nitrogens with one attached hydrogen (secondary N) is 1. The van der Waals surface area contributed by atoms with Gasteiger partial charge in [-0.05, 0) is 56.3 Å². The lowest BCUT2D eigenvalue weighted by atomic mass is 9.81. The van der Waals surface area contributed by atoms with E-state index in [-0.39, 0.29) is 6.04 Å². The van der Waals surface area contributed by atoms with Gasteiger partial charge in [0.25, 0.3) is 0 Å². The zero-order chi connectivity index (χ0) is 14.8. The average Bonchev–Trinajstić information content (AvgIpc) is 3.05. The number of benzene rings is 1. The van der Waals surface area contributed by atoms with Crippen LogP contribution in [0.5, 0.6) is 0 Å². The van der Waals surface area contributed by atoms with E-state index in [1.807, 2.05) is 0 Å². The van der Waals surface area contributed by atoms with Gasteiger partial charge >= 0.3 is 0 Å². The van der Waals surface area contributed by atoms with E-state index in [9.17, 15) is 8.78 Å². The zero-order valence-electron chi connectivity index (χ0n) is 12.4. The van der Waals surface area contributed by atoms with Crippen molar-refractivity contribution < 1.29 is 13.5 Å². The first-order valence-electron chi connectivity index (χ1n) is 7.99. The first-order chi connectivity index (χ1) is 10.2. The summed E-state index contributed by atoms with van der Waals surface area (Å²) in [6.45, 7) is 3.06. The molecule has 2 bridgehead atoms. The van der Waals surface area contributed by atoms with Gasteiger partial charge in [-0.2, -0.15) is 0 Å². The molecular weight excluding hydrogens is 272 g/mol. The molecule has 0 spiro atoms. The molecule has 4 heteroatoms. The molecular formula is C17H23F2NO. The van der Waals surface area contributed by atoms with Crippen LogP contribution in [0.25, 0.3) is 0 Å². The molecule has 0 aromatic heterocycles. The van der Waals surface area contributed by atoms with Crippen LogP contribution in [0.3, 0.4) is 0 Å². The summed E-state index contributed by atoms with van der Waals surface area (Å²) in [5.74, 6) is -0.534.